The summed E-state index contributed by atoms with van der Waals surface area (Å²) in [4.78, 5) is 12.7. The van der Waals surface area contributed by atoms with Crippen molar-refractivity contribution >= 4 is 64.1 Å². The van der Waals surface area contributed by atoms with E-state index in [0.717, 1.165) is 5.56 Å². The molecule has 196 valence electrons. The van der Waals surface area contributed by atoms with Crippen molar-refractivity contribution in [3.05, 3.63) is 127 Å². The summed E-state index contributed by atoms with van der Waals surface area (Å²) in [7, 11) is 0. The monoisotopic (exact) mass is 596 g/mol. The summed E-state index contributed by atoms with van der Waals surface area (Å²) in [5.74, 6) is 0.317. The minimum absolute atomic E-state index is 0.118. The van der Waals surface area contributed by atoms with E-state index in [1.807, 2.05) is 36.4 Å². The van der Waals surface area contributed by atoms with Gasteiger partial charge in [-0.15, -0.1) is 0 Å². The molecule has 0 aliphatic heterocycles. The quantitative estimate of drug-likeness (QED) is 0.154. The van der Waals surface area contributed by atoms with Crippen molar-refractivity contribution in [3.8, 4) is 17.6 Å². The Balaban J connectivity index is 1.40. The Hall–Kier alpha value is -3.66. The number of carbonyl (C=O) groups is 1. The Labute approximate surface area is 246 Å². The second-order valence-corrected chi connectivity index (χ2v) is 9.92. The van der Waals surface area contributed by atoms with Crippen LogP contribution in [0.3, 0.4) is 0 Å². The Morgan fingerprint density at radius 3 is 2.15 bits per heavy atom. The highest BCUT2D eigenvalue weighted by Crippen LogP contribution is 2.36. The zero-order chi connectivity index (χ0) is 27.8. The molecule has 0 atom stereocenters. The van der Waals surface area contributed by atoms with Crippen LogP contribution in [-0.2, 0) is 18.0 Å². The van der Waals surface area contributed by atoms with E-state index >= 15 is 0 Å². The molecule has 4 aromatic carbocycles. The molecule has 9 heteroatoms. The predicted octanol–water partition coefficient (Wildman–Crippen LogP) is 9.00. The van der Waals surface area contributed by atoms with Crippen LogP contribution in [-0.4, -0.2) is 5.91 Å². The fourth-order valence-corrected chi connectivity index (χ4v) is 4.55. The van der Waals surface area contributed by atoms with Crippen LogP contribution in [0.5, 0.6) is 11.5 Å². The average molecular weight is 598 g/mol. The van der Waals surface area contributed by atoms with Gasteiger partial charge < -0.3 is 14.8 Å². The van der Waals surface area contributed by atoms with Crippen LogP contribution < -0.4 is 14.8 Å². The molecule has 0 aromatic heterocycles. The minimum Gasteiger partial charge on any atom is -0.489 e. The van der Waals surface area contributed by atoms with Crippen LogP contribution in [0.4, 0.5) is 5.69 Å². The van der Waals surface area contributed by atoms with Crippen molar-refractivity contribution in [2.45, 2.75) is 13.2 Å². The first-order chi connectivity index (χ1) is 18.8. The number of anilines is 1. The zero-order valence-electron chi connectivity index (χ0n) is 20.3. The van der Waals surface area contributed by atoms with Gasteiger partial charge in [-0.25, -0.2) is 0 Å². The summed E-state index contributed by atoms with van der Waals surface area (Å²) in [6, 6.07) is 26.7. The van der Waals surface area contributed by atoms with Gasteiger partial charge in [0.15, 0.2) is 5.75 Å². The van der Waals surface area contributed by atoms with E-state index in [4.69, 9.17) is 55.9 Å². The molecule has 0 unspecified atom stereocenters. The minimum atomic E-state index is -0.583. The molecule has 0 aliphatic carbocycles. The molecule has 0 aliphatic rings. The number of halogens is 4. The Bertz CT molecular complexity index is 1530. The normalized spacial score (nSPS) is 11.0. The molecule has 0 saturated heterocycles. The lowest BCUT2D eigenvalue weighted by Crippen LogP contribution is -2.13. The van der Waals surface area contributed by atoms with Crippen molar-refractivity contribution in [1.29, 1.82) is 5.26 Å². The summed E-state index contributed by atoms with van der Waals surface area (Å²) >= 11 is 24.9. The number of nitrogens with zero attached hydrogens (tertiary/aromatic N) is 1. The number of hydrogen-bond donors (Lipinski definition) is 1. The standard InChI is InChI=1S/C30H20Cl4N2O3/c31-23-7-6-21(26(32)15-23)18-39-29-27(33)13-20(14-28(29)34)12-22(16-35)30(37)36-24-8-10-25(11-9-24)38-17-19-4-2-1-3-5-19/h1-15H,17-18H2,(H,36,37)/b22-12+. The summed E-state index contributed by atoms with van der Waals surface area (Å²) in [5.41, 5.74) is 2.58. The molecule has 4 aromatic rings. The summed E-state index contributed by atoms with van der Waals surface area (Å²) in [6.07, 6.45) is 1.39. The fraction of sp³-hybridized carbons (Fsp3) is 0.0667. The molecule has 0 bridgehead atoms. The third kappa shape index (κ3) is 7.92. The van der Waals surface area contributed by atoms with Crippen LogP contribution >= 0.6 is 46.4 Å². The molecule has 0 saturated carbocycles. The fourth-order valence-electron chi connectivity index (χ4n) is 3.48. The first-order valence-electron chi connectivity index (χ1n) is 11.6. The molecule has 4 rings (SSSR count). The number of carbonyl (C=O) groups excluding carboxylic acids is 1. The van der Waals surface area contributed by atoms with E-state index in [1.165, 1.54) is 6.08 Å². The van der Waals surface area contributed by atoms with Gasteiger partial charge in [0.2, 0.25) is 0 Å². The van der Waals surface area contributed by atoms with Crippen molar-refractivity contribution in [3.63, 3.8) is 0 Å². The number of rotatable bonds is 9. The maximum Gasteiger partial charge on any atom is 0.266 e. The predicted molar refractivity (Wildman–Crippen MR) is 157 cm³/mol. The molecule has 0 heterocycles. The smallest absolute Gasteiger partial charge is 0.266 e. The number of amides is 1. The van der Waals surface area contributed by atoms with E-state index in [2.05, 4.69) is 5.32 Å². The zero-order valence-corrected chi connectivity index (χ0v) is 23.3. The average Bonchev–Trinajstić information content (AvgIpc) is 2.92. The Kier molecular flexibility index (Phi) is 9.75. The van der Waals surface area contributed by atoms with Crippen LogP contribution in [0.1, 0.15) is 16.7 Å². The maximum absolute atomic E-state index is 12.7. The Morgan fingerprint density at radius 2 is 1.51 bits per heavy atom. The van der Waals surface area contributed by atoms with Crippen LogP contribution in [0.15, 0.2) is 90.5 Å². The first kappa shape index (κ1) is 28.4. The van der Waals surface area contributed by atoms with E-state index in [9.17, 15) is 10.1 Å². The molecule has 5 nitrogen and oxygen atoms in total. The maximum atomic E-state index is 12.7. The van der Waals surface area contributed by atoms with Gasteiger partial charge in [-0.3, -0.25) is 4.79 Å². The topological polar surface area (TPSA) is 71.3 Å². The molecule has 39 heavy (non-hydrogen) atoms. The molecule has 0 radical (unpaired) electrons. The van der Waals surface area contributed by atoms with E-state index in [-0.39, 0.29) is 28.0 Å². The summed E-state index contributed by atoms with van der Waals surface area (Å²) < 4.78 is 11.5. The molecular weight excluding hydrogens is 578 g/mol. The summed E-state index contributed by atoms with van der Waals surface area (Å²) in [6.45, 7) is 0.546. The van der Waals surface area contributed by atoms with Gasteiger partial charge >= 0.3 is 0 Å². The van der Waals surface area contributed by atoms with Crippen molar-refractivity contribution in [2.24, 2.45) is 0 Å². The number of ether oxygens (including phenoxy) is 2. The number of benzene rings is 4. The van der Waals surface area contributed by atoms with Crippen LogP contribution in [0.25, 0.3) is 6.08 Å². The molecule has 0 fully saturated rings. The molecule has 1 N–H and O–H groups in total. The third-order valence-corrected chi connectivity index (χ3v) is 6.59. The number of nitrogens with one attached hydrogen (secondary N) is 1. The first-order valence-corrected chi connectivity index (χ1v) is 13.1. The van der Waals surface area contributed by atoms with E-state index in [0.29, 0.717) is 39.2 Å². The lowest BCUT2D eigenvalue weighted by Gasteiger charge is -2.12. The van der Waals surface area contributed by atoms with Crippen LogP contribution in [0, 0.1) is 11.3 Å². The SMILES string of the molecule is N#C/C(=C\c1cc(Cl)c(OCc2ccc(Cl)cc2Cl)c(Cl)c1)C(=O)Nc1ccc(OCc2ccccc2)cc1. The van der Waals surface area contributed by atoms with E-state index in [1.54, 1.807) is 54.6 Å². The van der Waals surface area contributed by atoms with Gasteiger partial charge in [-0.05, 0) is 65.7 Å². The van der Waals surface area contributed by atoms with Gasteiger partial charge in [0.25, 0.3) is 5.91 Å². The molecule has 1 amide bonds. The summed E-state index contributed by atoms with van der Waals surface area (Å²) in [5, 5.41) is 13.7. The van der Waals surface area contributed by atoms with Gasteiger partial charge in [0, 0.05) is 21.3 Å². The van der Waals surface area contributed by atoms with Crippen molar-refractivity contribution in [1.82, 2.24) is 0 Å². The lowest BCUT2D eigenvalue weighted by atomic mass is 10.1. The third-order valence-electron chi connectivity index (χ3n) is 5.44. The van der Waals surface area contributed by atoms with Gasteiger partial charge in [-0.1, -0.05) is 82.8 Å². The van der Waals surface area contributed by atoms with Crippen molar-refractivity contribution in [2.75, 3.05) is 5.32 Å². The van der Waals surface area contributed by atoms with E-state index < -0.39 is 5.91 Å². The number of nitriles is 1. The molecule has 0 spiro atoms. The van der Waals surface area contributed by atoms with Gasteiger partial charge in [-0.2, -0.15) is 5.26 Å². The lowest BCUT2D eigenvalue weighted by molar-refractivity contribution is -0.112. The highest BCUT2D eigenvalue weighted by Gasteiger charge is 2.14. The Morgan fingerprint density at radius 1 is 0.821 bits per heavy atom. The van der Waals surface area contributed by atoms with Gasteiger partial charge in [0.05, 0.1) is 10.0 Å². The second kappa shape index (κ2) is 13.4. The number of hydrogen-bond acceptors (Lipinski definition) is 4. The molecular formula is C30H20Cl4N2O3. The highest BCUT2D eigenvalue weighted by atomic mass is 35.5. The van der Waals surface area contributed by atoms with Crippen molar-refractivity contribution < 1.29 is 14.3 Å². The largest absolute Gasteiger partial charge is 0.489 e. The second-order valence-electron chi connectivity index (χ2n) is 8.26. The van der Waals surface area contributed by atoms with Crippen LogP contribution in [0.2, 0.25) is 20.1 Å². The highest BCUT2D eigenvalue weighted by molar-refractivity contribution is 6.37. The van der Waals surface area contributed by atoms with Gasteiger partial charge in [0.1, 0.15) is 30.6 Å².